The van der Waals surface area contributed by atoms with Crippen molar-refractivity contribution in [3.8, 4) is 0 Å². The third-order valence-electron chi connectivity index (χ3n) is 4.36. The van der Waals surface area contributed by atoms with E-state index in [0.717, 1.165) is 10.2 Å². The van der Waals surface area contributed by atoms with Gasteiger partial charge in [-0.1, -0.05) is 15.9 Å². The maximum Gasteiger partial charge on any atom is 0.410 e. The van der Waals surface area contributed by atoms with E-state index in [4.69, 9.17) is 4.74 Å². The maximum atomic E-state index is 15.3. The maximum absolute atomic E-state index is 15.3. The molecule has 0 spiro atoms. The van der Waals surface area contributed by atoms with Gasteiger partial charge in [-0.2, -0.15) is 0 Å². The van der Waals surface area contributed by atoms with Crippen molar-refractivity contribution in [2.45, 2.75) is 32.0 Å². The highest BCUT2D eigenvalue weighted by atomic mass is 79.9. The lowest BCUT2D eigenvalue weighted by Crippen LogP contribution is -2.40. The molecule has 2 saturated heterocycles. The number of amides is 1. The summed E-state index contributed by atoms with van der Waals surface area (Å²) in [6.07, 6.45) is -0.417. The largest absolute Gasteiger partial charge is 0.444 e. The van der Waals surface area contributed by atoms with Gasteiger partial charge in [-0.05, 0) is 45.0 Å². The summed E-state index contributed by atoms with van der Waals surface area (Å²) < 4.78 is 21.6. The van der Waals surface area contributed by atoms with Crippen LogP contribution in [0.15, 0.2) is 28.7 Å². The zero-order chi connectivity index (χ0) is 16.8. The SMILES string of the molecule is CC(C)(C)OC(=O)N1CC2CN(c3ccc(Br)cc3)C[C@]2(F)C1. The molecule has 2 aliphatic rings. The van der Waals surface area contributed by atoms with Gasteiger partial charge < -0.3 is 14.5 Å². The number of nitrogens with zero attached hydrogens (tertiary/aromatic N) is 2. The molecule has 2 atom stereocenters. The van der Waals surface area contributed by atoms with Gasteiger partial charge in [0.25, 0.3) is 0 Å². The second-order valence-corrected chi connectivity index (χ2v) is 8.37. The lowest BCUT2D eigenvalue weighted by atomic mass is 9.97. The zero-order valence-corrected chi connectivity index (χ0v) is 15.3. The van der Waals surface area contributed by atoms with Gasteiger partial charge in [-0.3, -0.25) is 0 Å². The average Bonchev–Trinajstić information content (AvgIpc) is 2.89. The topological polar surface area (TPSA) is 32.8 Å². The monoisotopic (exact) mass is 384 g/mol. The van der Waals surface area contributed by atoms with Crippen molar-refractivity contribution in [3.05, 3.63) is 28.7 Å². The number of rotatable bonds is 1. The number of carbonyl (C=O) groups excluding carboxylic acids is 1. The van der Waals surface area contributed by atoms with Gasteiger partial charge in [0.1, 0.15) is 5.60 Å². The fourth-order valence-electron chi connectivity index (χ4n) is 3.30. The number of ether oxygens (including phenoxy) is 1. The fourth-order valence-corrected chi connectivity index (χ4v) is 3.57. The second-order valence-electron chi connectivity index (χ2n) is 7.45. The third-order valence-corrected chi connectivity index (χ3v) is 4.89. The standard InChI is InChI=1S/C17H22BrFN2O2/c1-16(2,3)23-15(22)21-9-12-8-20(10-17(12,19)11-21)14-6-4-13(18)5-7-14/h4-7,12H,8-11H2,1-3H3/t12?,17-/m0/s1. The number of fused-ring (bicyclic) bond motifs is 1. The van der Waals surface area contributed by atoms with E-state index in [0.29, 0.717) is 19.6 Å². The lowest BCUT2D eigenvalue weighted by molar-refractivity contribution is 0.0261. The van der Waals surface area contributed by atoms with Crippen LogP contribution in [0.5, 0.6) is 0 Å². The summed E-state index contributed by atoms with van der Waals surface area (Å²) in [7, 11) is 0. The van der Waals surface area contributed by atoms with Crippen molar-refractivity contribution in [1.82, 2.24) is 4.90 Å². The number of hydrogen-bond acceptors (Lipinski definition) is 3. The minimum atomic E-state index is -1.36. The highest BCUT2D eigenvalue weighted by Gasteiger charge is 2.55. The molecule has 1 unspecified atom stereocenters. The number of alkyl halides is 1. The number of carbonyl (C=O) groups is 1. The van der Waals surface area contributed by atoms with E-state index < -0.39 is 17.4 Å². The number of anilines is 1. The summed E-state index contributed by atoms with van der Waals surface area (Å²) in [5.74, 6) is -0.168. The van der Waals surface area contributed by atoms with Crippen LogP contribution in [-0.2, 0) is 4.74 Å². The first-order valence-electron chi connectivity index (χ1n) is 7.84. The summed E-state index contributed by atoms with van der Waals surface area (Å²) in [4.78, 5) is 15.7. The highest BCUT2D eigenvalue weighted by molar-refractivity contribution is 9.10. The second kappa shape index (κ2) is 5.65. The summed E-state index contributed by atoms with van der Waals surface area (Å²) in [6, 6.07) is 7.89. The molecule has 1 aromatic rings. The minimum absolute atomic E-state index is 0.111. The molecule has 0 aliphatic carbocycles. The van der Waals surface area contributed by atoms with Crippen LogP contribution in [0.25, 0.3) is 0 Å². The minimum Gasteiger partial charge on any atom is -0.444 e. The number of likely N-dealkylation sites (tertiary alicyclic amines) is 1. The molecule has 0 N–H and O–H groups in total. The highest BCUT2D eigenvalue weighted by Crippen LogP contribution is 2.40. The quantitative estimate of drug-likeness (QED) is 0.737. The lowest BCUT2D eigenvalue weighted by Gasteiger charge is -2.27. The third kappa shape index (κ3) is 3.47. The molecule has 2 fully saturated rings. The first-order chi connectivity index (χ1) is 10.7. The molecule has 23 heavy (non-hydrogen) atoms. The van der Waals surface area contributed by atoms with Crippen LogP contribution in [0.4, 0.5) is 14.9 Å². The Morgan fingerprint density at radius 2 is 1.91 bits per heavy atom. The molecule has 126 valence electrons. The van der Waals surface area contributed by atoms with Crippen molar-refractivity contribution in [3.63, 3.8) is 0 Å². The van der Waals surface area contributed by atoms with E-state index in [1.54, 1.807) is 0 Å². The molecule has 3 rings (SSSR count). The Labute approximate surface area is 144 Å². The van der Waals surface area contributed by atoms with E-state index in [2.05, 4.69) is 20.8 Å². The smallest absolute Gasteiger partial charge is 0.410 e. The molecule has 0 saturated carbocycles. The van der Waals surface area contributed by atoms with Crippen molar-refractivity contribution < 1.29 is 13.9 Å². The molecule has 0 radical (unpaired) electrons. The molecule has 6 heteroatoms. The summed E-state index contributed by atoms with van der Waals surface area (Å²) >= 11 is 3.41. The Morgan fingerprint density at radius 1 is 1.26 bits per heavy atom. The summed E-state index contributed by atoms with van der Waals surface area (Å²) in [5, 5.41) is 0. The van der Waals surface area contributed by atoms with Crippen LogP contribution in [0.1, 0.15) is 20.8 Å². The summed E-state index contributed by atoms with van der Waals surface area (Å²) in [6.45, 7) is 6.93. The van der Waals surface area contributed by atoms with Crippen LogP contribution < -0.4 is 4.90 Å². The van der Waals surface area contributed by atoms with Gasteiger partial charge in [0.15, 0.2) is 5.67 Å². The molecule has 2 heterocycles. The Hall–Kier alpha value is -1.30. The normalized spacial score (nSPS) is 27.3. The Balaban J connectivity index is 1.66. The molecule has 0 bridgehead atoms. The van der Waals surface area contributed by atoms with Crippen LogP contribution >= 0.6 is 15.9 Å². The predicted octanol–water partition coefficient (Wildman–Crippen LogP) is 3.84. The van der Waals surface area contributed by atoms with E-state index in [9.17, 15) is 4.79 Å². The molecule has 4 nitrogen and oxygen atoms in total. The van der Waals surface area contributed by atoms with Gasteiger partial charge >= 0.3 is 6.09 Å². The van der Waals surface area contributed by atoms with Crippen LogP contribution in [-0.4, -0.2) is 48.4 Å². The molecule has 2 aliphatic heterocycles. The number of benzene rings is 1. The van der Waals surface area contributed by atoms with Crippen molar-refractivity contribution in [1.29, 1.82) is 0 Å². The van der Waals surface area contributed by atoms with Gasteiger partial charge in [-0.15, -0.1) is 0 Å². The first-order valence-corrected chi connectivity index (χ1v) is 8.63. The molecule has 1 aromatic carbocycles. The van der Waals surface area contributed by atoms with Crippen molar-refractivity contribution >= 4 is 27.7 Å². The van der Waals surface area contributed by atoms with Gasteiger partial charge in [0, 0.05) is 29.2 Å². The molecular weight excluding hydrogens is 363 g/mol. The Kier molecular flexibility index (Phi) is 4.07. The number of halogens is 2. The van der Waals surface area contributed by atoms with Gasteiger partial charge in [0.2, 0.25) is 0 Å². The van der Waals surface area contributed by atoms with Crippen LogP contribution in [0.3, 0.4) is 0 Å². The van der Waals surface area contributed by atoms with E-state index in [1.165, 1.54) is 4.90 Å². The fraction of sp³-hybridized carbons (Fsp3) is 0.588. The van der Waals surface area contributed by atoms with E-state index in [1.807, 2.05) is 45.0 Å². The van der Waals surface area contributed by atoms with Crippen molar-refractivity contribution in [2.75, 3.05) is 31.1 Å². The zero-order valence-electron chi connectivity index (χ0n) is 13.7. The average molecular weight is 385 g/mol. The van der Waals surface area contributed by atoms with Crippen LogP contribution in [0, 0.1) is 5.92 Å². The number of hydrogen-bond donors (Lipinski definition) is 0. The predicted molar refractivity (Wildman–Crippen MR) is 91.5 cm³/mol. The summed E-state index contributed by atoms with van der Waals surface area (Å²) in [5.41, 5.74) is -0.894. The van der Waals surface area contributed by atoms with E-state index in [-0.39, 0.29) is 12.5 Å². The molecular formula is C17H22BrFN2O2. The molecule has 1 amide bonds. The van der Waals surface area contributed by atoms with Crippen molar-refractivity contribution in [2.24, 2.45) is 5.92 Å². The first kappa shape index (κ1) is 16.6. The Morgan fingerprint density at radius 3 is 2.48 bits per heavy atom. The van der Waals surface area contributed by atoms with E-state index >= 15 is 4.39 Å². The van der Waals surface area contributed by atoms with Crippen LogP contribution in [0.2, 0.25) is 0 Å². The van der Waals surface area contributed by atoms with Gasteiger partial charge in [-0.25, -0.2) is 9.18 Å². The molecule has 0 aromatic heterocycles. The van der Waals surface area contributed by atoms with Gasteiger partial charge in [0.05, 0.1) is 13.1 Å². The Bertz CT molecular complexity index is 602.